The van der Waals surface area contributed by atoms with Crippen LogP contribution in [0.3, 0.4) is 0 Å². The maximum atomic E-state index is 12.1. The molecule has 0 aromatic heterocycles. The van der Waals surface area contributed by atoms with Gasteiger partial charge in [-0.1, -0.05) is 123 Å². The molecule has 0 saturated heterocycles. The normalized spacial score (nSPS) is 12.8. The van der Waals surface area contributed by atoms with E-state index in [0.29, 0.717) is 12.5 Å². The summed E-state index contributed by atoms with van der Waals surface area (Å²) in [6, 6.07) is 8.14. The van der Waals surface area contributed by atoms with Crippen molar-refractivity contribution in [2.75, 3.05) is 6.54 Å². The van der Waals surface area contributed by atoms with Crippen molar-refractivity contribution in [1.29, 1.82) is 0 Å². The van der Waals surface area contributed by atoms with Gasteiger partial charge in [-0.15, -0.1) is 0 Å². The Balaban J connectivity index is 2.33. The van der Waals surface area contributed by atoms with E-state index in [0.717, 1.165) is 37.8 Å². The molecule has 0 aliphatic heterocycles. The zero-order chi connectivity index (χ0) is 27.1. The molecule has 5 nitrogen and oxygen atoms in total. The number of carbonyl (C=O) groups excluding carboxylic acids is 1. The Bertz CT molecular complexity index is 758. The van der Waals surface area contributed by atoms with E-state index >= 15 is 0 Å². The van der Waals surface area contributed by atoms with Crippen molar-refractivity contribution in [2.45, 2.75) is 137 Å². The van der Waals surface area contributed by atoms with Crippen molar-refractivity contribution in [3.63, 3.8) is 0 Å². The van der Waals surface area contributed by atoms with Gasteiger partial charge in [0.1, 0.15) is 6.20 Å². The van der Waals surface area contributed by atoms with Crippen LogP contribution in [0.1, 0.15) is 136 Å². The molecule has 1 aromatic carbocycles. The minimum absolute atomic E-state index is 0.144. The van der Waals surface area contributed by atoms with E-state index in [-0.39, 0.29) is 11.8 Å². The number of carbonyl (C=O) groups is 1. The predicted octanol–water partition coefficient (Wildman–Crippen LogP) is 10.4. The van der Waals surface area contributed by atoms with E-state index in [4.69, 9.17) is 0 Å². The lowest BCUT2D eigenvalue weighted by Gasteiger charge is -2.24. The van der Waals surface area contributed by atoms with Crippen molar-refractivity contribution >= 4 is 11.6 Å². The third-order valence-electron chi connectivity index (χ3n) is 7.24. The minimum atomic E-state index is -0.180. The van der Waals surface area contributed by atoms with Gasteiger partial charge in [0, 0.05) is 13.5 Å². The van der Waals surface area contributed by atoms with Crippen LogP contribution in [0, 0.1) is 5.92 Å². The fourth-order valence-corrected chi connectivity index (χ4v) is 4.68. The molecular weight excluding hydrogens is 458 g/mol. The molecule has 1 rings (SSSR count). The number of rotatable bonds is 22. The highest BCUT2D eigenvalue weighted by Crippen LogP contribution is 2.19. The molecule has 1 aromatic rings. The summed E-state index contributed by atoms with van der Waals surface area (Å²) in [4.78, 5) is 13.5. The average Bonchev–Trinajstić information content (AvgIpc) is 2.90. The zero-order valence-corrected chi connectivity index (χ0v) is 24.4. The van der Waals surface area contributed by atoms with E-state index < -0.39 is 0 Å². The second-order valence-corrected chi connectivity index (χ2v) is 10.6. The molecule has 37 heavy (non-hydrogen) atoms. The monoisotopic (exact) mass is 513 g/mol. The fraction of sp³-hybridized carbons (Fsp3) is 0.719. The Kier molecular flexibility index (Phi) is 19.4. The Morgan fingerprint density at radius 3 is 1.89 bits per heavy atom. The van der Waals surface area contributed by atoms with E-state index in [1.807, 2.05) is 12.1 Å². The smallest absolute Gasteiger partial charge is 0.226 e. The number of nitrogens with zero attached hydrogens (tertiary/aromatic N) is 3. The van der Waals surface area contributed by atoms with Crippen molar-refractivity contribution < 1.29 is 9.90 Å². The fourth-order valence-electron chi connectivity index (χ4n) is 4.68. The molecular formula is C32H55N3O2. The molecule has 1 N–H and O–H groups in total. The number of hydrogen-bond donors (Lipinski definition) is 1. The van der Waals surface area contributed by atoms with E-state index in [2.05, 4.69) is 43.1 Å². The highest BCUT2D eigenvalue weighted by Gasteiger charge is 2.18. The van der Waals surface area contributed by atoms with Crippen LogP contribution in [0.2, 0.25) is 0 Å². The summed E-state index contributed by atoms with van der Waals surface area (Å²) in [7, 11) is 0. The third kappa shape index (κ3) is 16.3. The number of amides is 1. The van der Waals surface area contributed by atoms with Crippen LogP contribution in [-0.4, -0.2) is 22.5 Å². The highest BCUT2D eigenvalue weighted by atomic mass is 16.3. The van der Waals surface area contributed by atoms with Gasteiger partial charge >= 0.3 is 0 Å². The van der Waals surface area contributed by atoms with Crippen LogP contribution >= 0.6 is 0 Å². The van der Waals surface area contributed by atoms with E-state index in [1.165, 1.54) is 101 Å². The first kappa shape index (κ1) is 32.9. The van der Waals surface area contributed by atoms with Crippen LogP contribution in [-0.2, 0) is 11.2 Å². The highest BCUT2D eigenvalue weighted by molar-refractivity contribution is 5.74. The van der Waals surface area contributed by atoms with Gasteiger partial charge in [-0.25, -0.2) is 0 Å². The summed E-state index contributed by atoms with van der Waals surface area (Å²) in [5.41, 5.74) is 2.07. The Morgan fingerprint density at radius 1 is 0.838 bits per heavy atom. The summed E-state index contributed by atoms with van der Waals surface area (Å²) in [5, 5.41) is 18.6. The maximum Gasteiger partial charge on any atom is 0.226 e. The number of azo groups is 1. The lowest BCUT2D eigenvalue weighted by molar-refractivity contribution is -0.129. The zero-order valence-electron chi connectivity index (χ0n) is 24.4. The molecule has 0 bridgehead atoms. The van der Waals surface area contributed by atoms with Crippen LogP contribution in [0.15, 0.2) is 46.6 Å². The number of aryl methyl sites for hydroxylation is 1. The number of aliphatic hydroxyl groups is 1. The molecule has 0 radical (unpaired) electrons. The van der Waals surface area contributed by atoms with Crippen molar-refractivity contribution in [3.8, 4) is 0 Å². The van der Waals surface area contributed by atoms with Gasteiger partial charge in [-0.2, -0.15) is 10.2 Å². The lowest BCUT2D eigenvalue weighted by Crippen LogP contribution is -2.33. The Hall–Kier alpha value is -2.17. The SMILES string of the molecule is CCCCCCCCCCCCCCc1ccc(/N=N/C=C(\O)N(CC(CC)CCCC)C(C)=O)cc1. The maximum absolute atomic E-state index is 12.1. The predicted molar refractivity (Wildman–Crippen MR) is 157 cm³/mol. The number of unbranched alkanes of at least 4 members (excludes halogenated alkanes) is 12. The molecule has 1 amide bonds. The lowest BCUT2D eigenvalue weighted by atomic mass is 9.99. The van der Waals surface area contributed by atoms with Gasteiger partial charge in [0.25, 0.3) is 0 Å². The molecule has 1 atom stereocenters. The summed E-state index contributed by atoms with van der Waals surface area (Å²) < 4.78 is 0. The molecule has 0 fully saturated rings. The van der Waals surface area contributed by atoms with Gasteiger partial charge < -0.3 is 5.11 Å². The standard InChI is InChI=1S/C32H55N3O2/c1-5-8-10-11-12-13-14-15-16-17-18-19-21-30-22-24-31(25-23-30)34-33-26-32(37)35(28(4)36)27-29(7-3)20-9-6-2/h22-26,29,37H,5-21,27H2,1-4H3/b32-26-,34-33+. The Labute approximate surface area is 227 Å². The van der Waals surface area contributed by atoms with Crippen LogP contribution in [0.4, 0.5) is 5.69 Å². The first-order chi connectivity index (χ1) is 18.0. The number of aliphatic hydroxyl groups excluding tert-OH is 1. The molecule has 0 saturated carbocycles. The van der Waals surface area contributed by atoms with Gasteiger partial charge in [0.2, 0.25) is 11.8 Å². The minimum Gasteiger partial charge on any atom is -0.493 e. The number of hydrogen-bond acceptors (Lipinski definition) is 4. The Morgan fingerprint density at radius 2 is 1.38 bits per heavy atom. The van der Waals surface area contributed by atoms with Crippen molar-refractivity contribution in [2.24, 2.45) is 16.1 Å². The molecule has 0 aliphatic rings. The summed E-state index contributed by atoms with van der Waals surface area (Å²) >= 11 is 0. The molecule has 0 spiro atoms. The quantitative estimate of drug-likeness (QED) is 0.0951. The van der Waals surface area contributed by atoms with Crippen LogP contribution < -0.4 is 0 Å². The number of benzene rings is 1. The van der Waals surface area contributed by atoms with Crippen LogP contribution in [0.5, 0.6) is 0 Å². The summed E-state index contributed by atoms with van der Waals surface area (Å²) in [6.07, 6.45) is 23.1. The van der Waals surface area contributed by atoms with Crippen molar-refractivity contribution in [1.82, 2.24) is 4.90 Å². The molecule has 1 unspecified atom stereocenters. The molecule has 0 heterocycles. The van der Waals surface area contributed by atoms with Gasteiger partial charge in [-0.3, -0.25) is 9.69 Å². The van der Waals surface area contributed by atoms with Gasteiger partial charge in [0.05, 0.1) is 5.69 Å². The largest absolute Gasteiger partial charge is 0.493 e. The van der Waals surface area contributed by atoms with E-state index in [9.17, 15) is 9.90 Å². The molecule has 0 aliphatic carbocycles. The second kappa shape index (κ2) is 21.9. The topological polar surface area (TPSA) is 65.3 Å². The van der Waals surface area contributed by atoms with E-state index in [1.54, 1.807) is 0 Å². The second-order valence-electron chi connectivity index (χ2n) is 10.6. The van der Waals surface area contributed by atoms with Gasteiger partial charge in [0.15, 0.2) is 0 Å². The summed E-state index contributed by atoms with van der Waals surface area (Å²) in [5.74, 6) is 0.0461. The van der Waals surface area contributed by atoms with Crippen molar-refractivity contribution in [3.05, 3.63) is 41.9 Å². The van der Waals surface area contributed by atoms with Crippen LogP contribution in [0.25, 0.3) is 0 Å². The first-order valence-electron chi connectivity index (χ1n) is 15.2. The third-order valence-corrected chi connectivity index (χ3v) is 7.24. The molecule has 210 valence electrons. The first-order valence-corrected chi connectivity index (χ1v) is 15.2. The molecule has 5 heteroatoms. The summed E-state index contributed by atoms with van der Waals surface area (Å²) in [6.45, 7) is 8.55. The average molecular weight is 514 g/mol. The van der Waals surface area contributed by atoms with Gasteiger partial charge in [-0.05, 0) is 42.9 Å².